The maximum absolute atomic E-state index is 11.8. The van der Waals surface area contributed by atoms with Gasteiger partial charge in [-0.15, -0.1) is 11.6 Å². The maximum atomic E-state index is 11.8. The highest BCUT2D eigenvalue weighted by Crippen LogP contribution is 2.35. The molecule has 2 rings (SSSR count). The van der Waals surface area contributed by atoms with Crippen LogP contribution in [0.3, 0.4) is 0 Å². The number of methoxy groups -OCH3 is 1. The van der Waals surface area contributed by atoms with Crippen LogP contribution in [0.2, 0.25) is 0 Å². The number of amides is 1. The molecule has 17 heavy (non-hydrogen) atoms. The Kier molecular flexibility index (Phi) is 3.95. The van der Waals surface area contributed by atoms with Crippen LogP contribution in [0.4, 0.5) is 0 Å². The second kappa shape index (κ2) is 5.12. The van der Waals surface area contributed by atoms with Crippen molar-refractivity contribution >= 4 is 17.5 Å². The van der Waals surface area contributed by atoms with E-state index in [0.29, 0.717) is 6.54 Å². The Morgan fingerprint density at radius 1 is 1.65 bits per heavy atom. The van der Waals surface area contributed by atoms with Gasteiger partial charge in [0.15, 0.2) is 0 Å². The lowest BCUT2D eigenvalue weighted by atomic mass is 9.91. The van der Waals surface area contributed by atoms with Crippen molar-refractivity contribution in [3.63, 3.8) is 0 Å². The molecule has 3 atom stereocenters. The summed E-state index contributed by atoms with van der Waals surface area (Å²) in [6.07, 6.45) is 2.97. The summed E-state index contributed by atoms with van der Waals surface area (Å²) in [6.45, 7) is 3.83. The van der Waals surface area contributed by atoms with E-state index in [1.54, 1.807) is 14.0 Å². The van der Waals surface area contributed by atoms with Gasteiger partial charge in [0.2, 0.25) is 5.91 Å². The van der Waals surface area contributed by atoms with Crippen molar-refractivity contribution in [2.45, 2.75) is 43.3 Å². The van der Waals surface area contributed by atoms with Gasteiger partial charge in [-0.3, -0.25) is 4.79 Å². The zero-order valence-electron chi connectivity index (χ0n) is 10.4. The van der Waals surface area contributed by atoms with Crippen molar-refractivity contribution in [3.05, 3.63) is 0 Å². The highest BCUT2D eigenvalue weighted by Gasteiger charge is 2.45. The molecule has 2 heterocycles. The monoisotopic (exact) mass is 261 g/mol. The lowest BCUT2D eigenvalue weighted by Gasteiger charge is -2.37. The van der Waals surface area contributed by atoms with Gasteiger partial charge in [-0.1, -0.05) is 0 Å². The summed E-state index contributed by atoms with van der Waals surface area (Å²) in [5.41, 5.74) is -0.194. The van der Waals surface area contributed by atoms with Crippen molar-refractivity contribution in [1.29, 1.82) is 0 Å². The first-order valence-electron chi connectivity index (χ1n) is 6.16. The smallest absolute Gasteiger partial charge is 0.240 e. The summed E-state index contributed by atoms with van der Waals surface area (Å²) >= 11 is 5.83. The largest absolute Gasteiger partial charge is 0.381 e. The third-order valence-corrected chi connectivity index (χ3v) is 3.94. The lowest BCUT2D eigenvalue weighted by Crippen LogP contribution is -2.46. The average Bonchev–Trinajstić information content (AvgIpc) is 2.71. The molecule has 0 aromatic carbocycles. The fraction of sp³-hybridized carbons (Fsp3) is 0.917. The number of ether oxygens (including phenoxy) is 2. The second-order valence-corrected chi connectivity index (χ2v) is 5.66. The van der Waals surface area contributed by atoms with E-state index in [1.807, 2.05) is 4.90 Å². The normalized spacial score (nSPS) is 35.2. The minimum absolute atomic E-state index is 0.00619. The molecule has 0 saturated carbocycles. The molecule has 0 aliphatic carbocycles. The first-order chi connectivity index (χ1) is 8.06. The summed E-state index contributed by atoms with van der Waals surface area (Å²) in [6, 6.07) is 0. The van der Waals surface area contributed by atoms with Gasteiger partial charge < -0.3 is 14.4 Å². The summed E-state index contributed by atoms with van der Waals surface area (Å²) in [7, 11) is 1.74. The molecule has 0 unspecified atom stereocenters. The van der Waals surface area contributed by atoms with Crippen LogP contribution in [0.5, 0.6) is 0 Å². The van der Waals surface area contributed by atoms with E-state index in [-0.39, 0.29) is 17.6 Å². The highest BCUT2D eigenvalue weighted by atomic mass is 35.5. The van der Waals surface area contributed by atoms with Crippen molar-refractivity contribution in [1.82, 2.24) is 4.90 Å². The molecule has 1 spiro atoms. The number of nitrogens with zero attached hydrogens (tertiary/aromatic N) is 1. The van der Waals surface area contributed by atoms with Gasteiger partial charge in [-0.25, -0.2) is 0 Å². The Bertz CT molecular complexity index is 297. The molecular weight excluding hydrogens is 242 g/mol. The molecule has 2 fully saturated rings. The van der Waals surface area contributed by atoms with Crippen molar-refractivity contribution in [3.8, 4) is 0 Å². The van der Waals surface area contributed by atoms with E-state index in [9.17, 15) is 4.79 Å². The number of hydrogen-bond donors (Lipinski definition) is 0. The number of carbonyl (C=O) groups is 1. The summed E-state index contributed by atoms with van der Waals surface area (Å²) < 4.78 is 11.3. The molecular formula is C12H20ClNO3. The third kappa shape index (κ3) is 2.75. The van der Waals surface area contributed by atoms with Gasteiger partial charge >= 0.3 is 0 Å². The molecule has 2 saturated heterocycles. The molecule has 5 heteroatoms. The zero-order valence-corrected chi connectivity index (χ0v) is 11.2. The first kappa shape index (κ1) is 13.1. The van der Waals surface area contributed by atoms with Crippen LogP contribution in [-0.4, -0.2) is 54.7 Å². The number of rotatable bonds is 2. The molecule has 0 bridgehead atoms. The molecule has 2 aliphatic heterocycles. The quantitative estimate of drug-likeness (QED) is 0.706. The number of halogens is 1. The van der Waals surface area contributed by atoms with E-state index >= 15 is 0 Å². The minimum atomic E-state index is -0.452. The van der Waals surface area contributed by atoms with Crippen LogP contribution >= 0.6 is 11.6 Å². The third-order valence-electron chi connectivity index (χ3n) is 3.75. The SMILES string of the molecule is CO[C@@H]1CCO[C@]2(CCN(C(=O)[C@@H](C)Cl)C2)C1. The van der Waals surface area contributed by atoms with E-state index < -0.39 is 5.38 Å². The van der Waals surface area contributed by atoms with Crippen molar-refractivity contribution in [2.75, 3.05) is 26.8 Å². The van der Waals surface area contributed by atoms with E-state index in [2.05, 4.69) is 0 Å². The van der Waals surface area contributed by atoms with Gasteiger partial charge in [0, 0.05) is 33.2 Å². The minimum Gasteiger partial charge on any atom is -0.381 e. The predicted octanol–water partition coefficient (Wildman–Crippen LogP) is 1.41. The molecule has 2 aliphatic rings. The van der Waals surface area contributed by atoms with Gasteiger partial charge in [0.1, 0.15) is 5.38 Å². The Hall–Kier alpha value is -0.320. The van der Waals surface area contributed by atoms with E-state index in [1.165, 1.54) is 0 Å². The molecule has 98 valence electrons. The second-order valence-electron chi connectivity index (χ2n) is 5.01. The van der Waals surface area contributed by atoms with Crippen LogP contribution in [0.25, 0.3) is 0 Å². The molecule has 1 amide bonds. The molecule has 4 nitrogen and oxygen atoms in total. The molecule has 0 N–H and O–H groups in total. The first-order valence-corrected chi connectivity index (χ1v) is 6.59. The van der Waals surface area contributed by atoms with Crippen molar-refractivity contribution < 1.29 is 14.3 Å². The van der Waals surface area contributed by atoms with Crippen molar-refractivity contribution in [2.24, 2.45) is 0 Å². The number of alkyl halides is 1. The Morgan fingerprint density at radius 3 is 3.06 bits per heavy atom. The predicted molar refractivity (Wildman–Crippen MR) is 65.2 cm³/mol. The topological polar surface area (TPSA) is 38.8 Å². The molecule has 0 radical (unpaired) electrons. The van der Waals surface area contributed by atoms with Crippen LogP contribution in [-0.2, 0) is 14.3 Å². The van der Waals surface area contributed by atoms with Crippen LogP contribution < -0.4 is 0 Å². The Morgan fingerprint density at radius 2 is 2.41 bits per heavy atom. The van der Waals surface area contributed by atoms with Crippen LogP contribution in [0.1, 0.15) is 26.2 Å². The lowest BCUT2D eigenvalue weighted by molar-refractivity contribution is -0.136. The molecule has 0 aromatic rings. The summed E-state index contributed by atoms with van der Waals surface area (Å²) in [5, 5.41) is -0.452. The van der Waals surface area contributed by atoms with Gasteiger partial charge in [0.25, 0.3) is 0 Å². The fourth-order valence-electron chi connectivity index (χ4n) is 2.75. The van der Waals surface area contributed by atoms with Crippen LogP contribution in [0, 0.1) is 0 Å². The summed E-state index contributed by atoms with van der Waals surface area (Å²) in [4.78, 5) is 13.6. The zero-order chi connectivity index (χ0) is 12.5. The highest BCUT2D eigenvalue weighted by molar-refractivity contribution is 6.30. The number of hydrogen-bond acceptors (Lipinski definition) is 3. The molecule has 0 aromatic heterocycles. The standard InChI is InChI=1S/C12H20ClNO3/c1-9(13)11(15)14-5-4-12(8-14)7-10(16-2)3-6-17-12/h9-10H,3-8H2,1-2H3/t9-,10-,12-/m1/s1. The number of carbonyl (C=O) groups excluding carboxylic acids is 1. The van der Waals surface area contributed by atoms with Crippen LogP contribution in [0.15, 0.2) is 0 Å². The Labute approximate surface area is 107 Å². The summed E-state index contributed by atoms with van der Waals surface area (Å²) in [5.74, 6) is 0.00619. The number of likely N-dealkylation sites (tertiary alicyclic amines) is 1. The Balaban J connectivity index is 1.98. The maximum Gasteiger partial charge on any atom is 0.240 e. The average molecular weight is 262 g/mol. The van der Waals surface area contributed by atoms with Gasteiger partial charge in [-0.05, 0) is 19.8 Å². The van der Waals surface area contributed by atoms with Gasteiger partial charge in [0.05, 0.1) is 11.7 Å². The van der Waals surface area contributed by atoms with E-state index in [0.717, 1.165) is 32.4 Å². The van der Waals surface area contributed by atoms with Gasteiger partial charge in [-0.2, -0.15) is 0 Å². The fourth-order valence-corrected chi connectivity index (χ4v) is 2.89. The van der Waals surface area contributed by atoms with E-state index in [4.69, 9.17) is 21.1 Å².